The molecular formula is C11H20O2. The summed E-state index contributed by atoms with van der Waals surface area (Å²) in [7, 11) is 0. The number of carbonyl (C=O) groups is 1. The molecule has 1 atom stereocenters. The second-order valence-corrected chi connectivity index (χ2v) is 4.14. The summed E-state index contributed by atoms with van der Waals surface area (Å²) in [4.78, 5) is 11.5. The van der Waals surface area contributed by atoms with Crippen molar-refractivity contribution in [3.05, 3.63) is 0 Å². The molecule has 76 valence electrons. The zero-order chi connectivity index (χ0) is 9.84. The van der Waals surface area contributed by atoms with E-state index in [9.17, 15) is 9.90 Å². The first-order valence-electron chi connectivity index (χ1n) is 5.39. The van der Waals surface area contributed by atoms with Gasteiger partial charge in [0.1, 0.15) is 6.10 Å². The molecule has 1 fully saturated rings. The van der Waals surface area contributed by atoms with E-state index in [2.05, 4.69) is 0 Å². The highest BCUT2D eigenvalue weighted by Gasteiger charge is 2.30. The van der Waals surface area contributed by atoms with Crippen LogP contribution >= 0.6 is 0 Å². The summed E-state index contributed by atoms with van der Waals surface area (Å²) in [6, 6.07) is 0. The van der Waals surface area contributed by atoms with Crippen LogP contribution in [0.4, 0.5) is 0 Å². The van der Waals surface area contributed by atoms with Crippen LogP contribution in [-0.4, -0.2) is 17.0 Å². The molecule has 1 saturated carbocycles. The fraction of sp³-hybridized carbons (Fsp3) is 0.909. The van der Waals surface area contributed by atoms with Crippen LogP contribution in [0.1, 0.15) is 46.0 Å². The van der Waals surface area contributed by atoms with Crippen molar-refractivity contribution >= 4 is 5.78 Å². The molecule has 1 aliphatic carbocycles. The third-order valence-corrected chi connectivity index (χ3v) is 3.01. The number of aliphatic hydroxyl groups excluding tert-OH is 1. The lowest BCUT2D eigenvalue weighted by molar-refractivity contribution is -0.130. The van der Waals surface area contributed by atoms with Gasteiger partial charge in [-0.05, 0) is 24.7 Å². The van der Waals surface area contributed by atoms with Gasteiger partial charge in [-0.15, -0.1) is 0 Å². The summed E-state index contributed by atoms with van der Waals surface area (Å²) in [5, 5.41) is 9.70. The predicted octanol–water partition coefficient (Wildman–Crippen LogP) is 2.15. The molecule has 0 amide bonds. The fourth-order valence-corrected chi connectivity index (χ4v) is 1.73. The molecule has 2 nitrogen and oxygen atoms in total. The predicted molar refractivity (Wildman–Crippen MR) is 52.4 cm³/mol. The molecule has 0 aliphatic heterocycles. The molecule has 0 saturated heterocycles. The van der Waals surface area contributed by atoms with Gasteiger partial charge in [0.2, 0.25) is 0 Å². The average molecular weight is 184 g/mol. The zero-order valence-electron chi connectivity index (χ0n) is 8.62. The average Bonchev–Trinajstić information content (AvgIpc) is 2.90. The van der Waals surface area contributed by atoms with Gasteiger partial charge in [0.15, 0.2) is 5.78 Å². The number of carbonyl (C=O) groups excluding carboxylic acids is 1. The van der Waals surface area contributed by atoms with E-state index in [0.29, 0.717) is 12.3 Å². The van der Waals surface area contributed by atoms with Crippen LogP contribution in [-0.2, 0) is 4.79 Å². The molecule has 0 radical (unpaired) electrons. The van der Waals surface area contributed by atoms with Crippen LogP contribution in [0.5, 0.6) is 0 Å². The summed E-state index contributed by atoms with van der Waals surface area (Å²) in [5.41, 5.74) is 0. The maximum absolute atomic E-state index is 11.5. The zero-order valence-corrected chi connectivity index (χ0v) is 8.62. The van der Waals surface area contributed by atoms with E-state index in [0.717, 1.165) is 12.8 Å². The van der Waals surface area contributed by atoms with Crippen molar-refractivity contribution in [2.24, 2.45) is 11.8 Å². The molecule has 1 N–H and O–H groups in total. The molecule has 0 aromatic carbocycles. The Morgan fingerprint density at radius 2 is 1.92 bits per heavy atom. The van der Waals surface area contributed by atoms with Crippen LogP contribution < -0.4 is 0 Å². The lowest BCUT2D eigenvalue weighted by Crippen LogP contribution is -2.29. The van der Waals surface area contributed by atoms with Crippen molar-refractivity contribution in [2.45, 2.75) is 52.1 Å². The molecule has 1 rings (SSSR count). The summed E-state index contributed by atoms with van der Waals surface area (Å²) >= 11 is 0. The van der Waals surface area contributed by atoms with Crippen molar-refractivity contribution in [3.8, 4) is 0 Å². The topological polar surface area (TPSA) is 37.3 Å². The second kappa shape index (κ2) is 4.75. The third kappa shape index (κ3) is 3.11. The Bertz CT molecular complexity index is 169. The SMILES string of the molecule is CCC(CC)C(O)C(=O)CC1CC1. The van der Waals surface area contributed by atoms with E-state index in [4.69, 9.17) is 0 Å². The maximum Gasteiger partial charge on any atom is 0.161 e. The first kappa shape index (κ1) is 10.7. The van der Waals surface area contributed by atoms with Gasteiger partial charge >= 0.3 is 0 Å². The lowest BCUT2D eigenvalue weighted by Gasteiger charge is -2.18. The summed E-state index contributed by atoms with van der Waals surface area (Å²) in [5.74, 6) is 0.832. The van der Waals surface area contributed by atoms with Gasteiger partial charge in [-0.25, -0.2) is 0 Å². The van der Waals surface area contributed by atoms with Crippen LogP contribution in [0.3, 0.4) is 0 Å². The number of rotatable bonds is 6. The van der Waals surface area contributed by atoms with Crippen LogP contribution in [0.25, 0.3) is 0 Å². The quantitative estimate of drug-likeness (QED) is 0.686. The van der Waals surface area contributed by atoms with E-state index < -0.39 is 6.10 Å². The van der Waals surface area contributed by atoms with Gasteiger partial charge in [-0.3, -0.25) is 4.79 Å². The molecule has 0 spiro atoms. The normalized spacial score (nSPS) is 19.1. The Kier molecular flexibility index (Phi) is 3.91. The smallest absolute Gasteiger partial charge is 0.161 e. The standard InChI is InChI=1S/C11H20O2/c1-3-9(4-2)11(13)10(12)7-8-5-6-8/h8-9,11,13H,3-7H2,1-2H3. The molecule has 0 aromatic heterocycles. The Balaban J connectivity index is 2.33. The highest BCUT2D eigenvalue weighted by molar-refractivity contribution is 5.83. The molecule has 13 heavy (non-hydrogen) atoms. The number of hydrogen-bond donors (Lipinski definition) is 1. The van der Waals surface area contributed by atoms with Gasteiger partial charge in [0, 0.05) is 6.42 Å². The third-order valence-electron chi connectivity index (χ3n) is 3.01. The molecule has 0 bridgehead atoms. The van der Waals surface area contributed by atoms with E-state index in [1.54, 1.807) is 0 Å². The Hall–Kier alpha value is -0.370. The van der Waals surface area contributed by atoms with Crippen molar-refractivity contribution in [1.29, 1.82) is 0 Å². The second-order valence-electron chi connectivity index (χ2n) is 4.14. The highest BCUT2D eigenvalue weighted by atomic mass is 16.3. The minimum absolute atomic E-state index is 0.0659. The van der Waals surface area contributed by atoms with E-state index in [-0.39, 0.29) is 11.7 Å². The fourth-order valence-electron chi connectivity index (χ4n) is 1.73. The van der Waals surface area contributed by atoms with Gasteiger partial charge in [0.05, 0.1) is 0 Å². The number of hydrogen-bond acceptors (Lipinski definition) is 2. The van der Waals surface area contributed by atoms with Crippen LogP contribution in [0, 0.1) is 11.8 Å². The van der Waals surface area contributed by atoms with E-state index in [1.165, 1.54) is 12.8 Å². The minimum atomic E-state index is -0.699. The largest absolute Gasteiger partial charge is 0.385 e. The van der Waals surface area contributed by atoms with Crippen molar-refractivity contribution in [3.63, 3.8) is 0 Å². The first-order chi connectivity index (χ1) is 6.19. The number of Topliss-reactive ketones (excluding diaryl/α,β-unsaturated/α-hetero) is 1. The first-order valence-corrected chi connectivity index (χ1v) is 5.39. The molecule has 0 heterocycles. The molecule has 2 heteroatoms. The molecule has 1 aliphatic rings. The highest BCUT2D eigenvalue weighted by Crippen LogP contribution is 2.33. The van der Waals surface area contributed by atoms with Gasteiger partial charge in [-0.2, -0.15) is 0 Å². The monoisotopic (exact) mass is 184 g/mol. The van der Waals surface area contributed by atoms with Crippen molar-refractivity contribution in [1.82, 2.24) is 0 Å². The maximum atomic E-state index is 11.5. The minimum Gasteiger partial charge on any atom is -0.385 e. The summed E-state index contributed by atoms with van der Waals surface area (Å²) in [6.07, 6.45) is 4.07. The molecular weight excluding hydrogens is 164 g/mol. The Labute approximate surface area is 80.3 Å². The number of aliphatic hydroxyl groups is 1. The van der Waals surface area contributed by atoms with Crippen molar-refractivity contribution in [2.75, 3.05) is 0 Å². The van der Waals surface area contributed by atoms with Gasteiger partial charge in [-0.1, -0.05) is 26.7 Å². The van der Waals surface area contributed by atoms with Crippen molar-refractivity contribution < 1.29 is 9.90 Å². The Morgan fingerprint density at radius 3 is 2.31 bits per heavy atom. The Morgan fingerprint density at radius 1 is 1.38 bits per heavy atom. The van der Waals surface area contributed by atoms with E-state index >= 15 is 0 Å². The molecule has 0 aromatic rings. The van der Waals surface area contributed by atoms with Crippen LogP contribution in [0.2, 0.25) is 0 Å². The van der Waals surface area contributed by atoms with Gasteiger partial charge in [0.25, 0.3) is 0 Å². The van der Waals surface area contributed by atoms with E-state index in [1.807, 2.05) is 13.8 Å². The van der Waals surface area contributed by atoms with Crippen LogP contribution in [0.15, 0.2) is 0 Å². The number of ketones is 1. The van der Waals surface area contributed by atoms with Gasteiger partial charge < -0.3 is 5.11 Å². The summed E-state index contributed by atoms with van der Waals surface area (Å²) in [6.45, 7) is 4.06. The summed E-state index contributed by atoms with van der Waals surface area (Å²) < 4.78 is 0. The molecule has 1 unspecified atom stereocenters. The lowest BCUT2D eigenvalue weighted by atomic mass is 9.92.